The van der Waals surface area contributed by atoms with Crippen LogP contribution in [0.1, 0.15) is 82.1 Å². The van der Waals surface area contributed by atoms with Crippen LogP contribution in [0.3, 0.4) is 0 Å². The van der Waals surface area contributed by atoms with Gasteiger partial charge in [0.1, 0.15) is 12.1 Å². The highest BCUT2D eigenvalue weighted by Crippen LogP contribution is 2.60. The van der Waals surface area contributed by atoms with Crippen molar-refractivity contribution in [3.63, 3.8) is 0 Å². The molecule has 0 spiro atoms. The van der Waals surface area contributed by atoms with Gasteiger partial charge in [-0.1, -0.05) is 39.8 Å². The van der Waals surface area contributed by atoms with E-state index in [0.717, 1.165) is 17.8 Å². The fourth-order valence-corrected chi connectivity index (χ4v) is 7.07. The lowest BCUT2D eigenvalue weighted by Crippen LogP contribution is -2.55. The smallest absolute Gasteiger partial charge is 0.328 e. The summed E-state index contributed by atoms with van der Waals surface area (Å²) in [4.78, 5) is 38.1. The van der Waals surface area contributed by atoms with Crippen LogP contribution >= 0.6 is 0 Å². The Balaban J connectivity index is 1.44. The topological polar surface area (TPSA) is 84.5 Å². The lowest BCUT2D eigenvalue weighted by molar-refractivity contribution is -0.146. The Labute approximate surface area is 203 Å². The Morgan fingerprint density at radius 1 is 0.824 bits per heavy atom. The predicted molar refractivity (Wildman–Crippen MR) is 131 cm³/mol. The maximum atomic E-state index is 13.1. The molecule has 4 fully saturated rings. The third-order valence-electron chi connectivity index (χ3n) is 8.45. The van der Waals surface area contributed by atoms with E-state index in [1.165, 1.54) is 51.2 Å². The monoisotopic (exact) mass is 468 g/mol. The Morgan fingerprint density at radius 2 is 1.32 bits per heavy atom. The maximum absolute atomic E-state index is 13.1. The van der Waals surface area contributed by atoms with Crippen LogP contribution in [0.2, 0.25) is 0 Å². The molecule has 0 radical (unpaired) electrons. The highest BCUT2D eigenvalue weighted by Gasteiger charge is 2.51. The van der Waals surface area contributed by atoms with Crippen molar-refractivity contribution in [2.75, 3.05) is 7.11 Å². The fourth-order valence-electron chi connectivity index (χ4n) is 7.07. The van der Waals surface area contributed by atoms with E-state index in [4.69, 9.17) is 4.74 Å². The lowest BCUT2D eigenvalue weighted by Gasteiger charge is -2.57. The van der Waals surface area contributed by atoms with E-state index in [0.29, 0.717) is 11.0 Å². The second-order valence-corrected chi connectivity index (χ2v) is 11.7. The summed E-state index contributed by atoms with van der Waals surface area (Å²) >= 11 is 0. The number of amides is 2. The number of hydrogen-bond acceptors (Lipinski definition) is 4. The van der Waals surface area contributed by atoms with Crippen LogP contribution in [0.15, 0.2) is 24.3 Å². The summed E-state index contributed by atoms with van der Waals surface area (Å²) in [5.74, 6) is 1.22. The third kappa shape index (κ3) is 4.87. The average molecular weight is 469 g/mol. The van der Waals surface area contributed by atoms with Gasteiger partial charge in [-0.25, -0.2) is 4.79 Å². The zero-order chi connectivity index (χ0) is 24.6. The Morgan fingerprint density at radius 3 is 1.76 bits per heavy atom. The van der Waals surface area contributed by atoms with E-state index in [9.17, 15) is 14.4 Å². The van der Waals surface area contributed by atoms with Crippen LogP contribution < -0.4 is 10.6 Å². The molecule has 1 aromatic carbocycles. The van der Waals surface area contributed by atoms with Crippen molar-refractivity contribution in [3.8, 4) is 0 Å². The molecule has 0 heterocycles. The summed E-state index contributed by atoms with van der Waals surface area (Å²) in [7, 11) is 1.30. The molecule has 0 saturated heterocycles. The van der Waals surface area contributed by atoms with E-state index in [1.54, 1.807) is 0 Å². The number of rotatable bonds is 8. The number of hydrogen-bond donors (Lipinski definition) is 2. The summed E-state index contributed by atoms with van der Waals surface area (Å²) in [6.07, 6.45) is 8.09. The van der Waals surface area contributed by atoms with Gasteiger partial charge in [-0.2, -0.15) is 0 Å². The minimum Gasteiger partial charge on any atom is -0.467 e. The molecule has 0 unspecified atom stereocenters. The van der Waals surface area contributed by atoms with Gasteiger partial charge in [0.25, 0.3) is 5.91 Å². The van der Waals surface area contributed by atoms with Crippen molar-refractivity contribution >= 4 is 17.8 Å². The molecule has 4 bridgehead atoms. The maximum Gasteiger partial charge on any atom is 0.328 e. The molecule has 6 nitrogen and oxygen atoms in total. The Bertz CT molecular complexity index is 886. The van der Waals surface area contributed by atoms with Crippen LogP contribution in [0.5, 0.6) is 0 Å². The van der Waals surface area contributed by atoms with Gasteiger partial charge in [-0.15, -0.1) is 0 Å². The minimum atomic E-state index is -0.754. The molecule has 2 atom stereocenters. The van der Waals surface area contributed by atoms with Crippen molar-refractivity contribution in [3.05, 3.63) is 35.4 Å². The molecular formula is C28H40N2O4. The van der Waals surface area contributed by atoms with Crippen molar-refractivity contribution in [1.29, 1.82) is 0 Å². The summed E-state index contributed by atoms with van der Waals surface area (Å²) in [5, 5.41) is 5.65. The fraction of sp³-hybridized carbons (Fsp3) is 0.679. The molecule has 4 aliphatic carbocycles. The van der Waals surface area contributed by atoms with Gasteiger partial charge in [0, 0.05) is 5.56 Å². The quantitative estimate of drug-likeness (QED) is 0.560. The number of nitrogens with one attached hydrogen (secondary N) is 2. The number of ether oxygens (including phenoxy) is 1. The van der Waals surface area contributed by atoms with Gasteiger partial charge in [-0.05, 0) is 91.2 Å². The molecule has 2 N–H and O–H groups in total. The number of carbonyl (C=O) groups is 3. The normalized spacial score (nSPS) is 29.1. The number of esters is 1. The Hall–Kier alpha value is -2.37. The third-order valence-corrected chi connectivity index (χ3v) is 8.45. The van der Waals surface area contributed by atoms with Crippen molar-refractivity contribution in [1.82, 2.24) is 10.6 Å². The molecule has 0 aliphatic heterocycles. The second-order valence-electron chi connectivity index (χ2n) is 11.7. The number of carbonyl (C=O) groups excluding carboxylic acids is 3. The number of methoxy groups -OCH3 is 1. The standard InChI is InChI=1S/C28H40N2O4/c1-16(2)23(26(32)30-24(17(3)4)27(33)34-5)29-25(31)21-6-8-22(9-7-21)28-13-18-10-19(14-28)12-20(11-18)15-28/h6-9,16-20,23-24H,10-15H2,1-5H3,(H,29,31)(H,30,32)/t18?,19?,20?,23-,24+,28?/m1/s1. The van der Waals surface area contributed by atoms with Crippen molar-refractivity contribution in [2.24, 2.45) is 29.6 Å². The summed E-state index contributed by atoms with van der Waals surface area (Å²) < 4.78 is 4.82. The van der Waals surface area contributed by atoms with Crippen LogP contribution in [-0.4, -0.2) is 37.0 Å². The van der Waals surface area contributed by atoms with E-state index in [2.05, 4.69) is 22.8 Å². The second kappa shape index (κ2) is 9.71. The van der Waals surface area contributed by atoms with Gasteiger partial charge < -0.3 is 15.4 Å². The van der Waals surface area contributed by atoms with Crippen molar-refractivity contribution < 1.29 is 19.1 Å². The molecule has 6 heteroatoms. The lowest BCUT2D eigenvalue weighted by atomic mass is 9.48. The van der Waals surface area contributed by atoms with Gasteiger partial charge >= 0.3 is 5.97 Å². The average Bonchev–Trinajstić information content (AvgIpc) is 2.79. The van der Waals surface area contributed by atoms with Gasteiger partial charge in [0.05, 0.1) is 7.11 Å². The molecule has 4 saturated carbocycles. The highest BCUT2D eigenvalue weighted by atomic mass is 16.5. The first-order chi connectivity index (χ1) is 16.1. The molecule has 0 aromatic heterocycles. The summed E-state index contributed by atoms with van der Waals surface area (Å²) in [6.45, 7) is 7.44. The molecule has 5 rings (SSSR count). The zero-order valence-corrected chi connectivity index (χ0v) is 21.2. The van der Waals surface area contributed by atoms with E-state index >= 15 is 0 Å². The first-order valence-electron chi connectivity index (χ1n) is 12.9. The van der Waals surface area contributed by atoms with Gasteiger partial charge in [0.15, 0.2) is 0 Å². The molecule has 2 amide bonds. The van der Waals surface area contributed by atoms with E-state index in [-0.39, 0.29) is 23.7 Å². The highest BCUT2D eigenvalue weighted by molar-refractivity contribution is 5.98. The molecule has 34 heavy (non-hydrogen) atoms. The summed E-state index contributed by atoms with van der Waals surface area (Å²) in [6, 6.07) is 6.58. The Kier molecular flexibility index (Phi) is 7.07. The van der Waals surface area contributed by atoms with Gasteiger partial charge in [0.2, 0.25) is 5.91 Å². The molecular weight excluding hydrogens is 428 g/mol. The largest absolute Gasteiger partial charge is 0.467 e. The molecule has 4 aliphatic rings. The van der Waals surface area contributed by atoms with Crippen molar-refractivity contribution in [2.45, 2.75) is 83.7 Å². The van der Waals surface area contributed by atoms with Gasteiger partial charge in [-0.3, -0.25) is 9.59 Å². The van der Waals surface area contributed by atoms with E-state index in [1.807, 2.05) is 39.8 Å². The molecule has 186 valence electrons. The van der Waals surface area contributed by atoms with Crippen LogP contribution in [0.4, 0.5) is 0 Å². The van der Waals surface area contributed by atoms with Crippen LogP contribution in [-0.2, 0) is 19.7 Å². The predicted octanol–water partition coefficient (Wildman–Crippen LogP) is 4.22. The van der Waals surface area contributed by atoms with E-state index < -0.39 is 18.1 Å². The number of benzene rings is 1. The van der Waals surface area contributed by atoms with Crippen LogP contribution in [0.25, 0.3) is 0 Å². The first-order valence-corrected chi connectivity index (χ1v) is 12.9. The SMILES string of the molecule is COC(=O)[C@@H](NC(=O)[C@H](NC(=O)c1ccc(C23CC4CC(CC(C4)C2)C3)cc1)C(C)C)C(C)C. The summed E-state index contributed by atoms with van der Waals surface area (Å²) in [5.41, 5.74) is 2.23. The van der Waals surface area contributed by atoms with Crippen LogP contribution in [0, 0.1) is 29.6 Å². The minimum absolute atomic E-state index is 0.128. The first kappa shape index (κ1) is 24.7. The molecule has 1 aromatic rings. The zero-order valence-electron chi connectivity index (χ0n) is 21.2.